The number of ether oxygens (including phenoxy) is 2. The molecule has 4 aromatic rings. The van der Waals surface area contributed by atoms with Crippen molar-refractivity contribution in [2.75, 3.05) is 11.4 Å². The van der Waals surface area contributed by atoms with E-state index in [4.69, 9.17) is 21.1 Å². The topological polar surface area (TPSA) is 69.5 Å². The van der Waals surface area contributed by atoms with Crippen molar-refractivity contribution in [2.24, 2.45) is 0 Å². The second-order valence-corrected chi connectivity index (χ2v) is 8.95. The van der Waals surface area contributed by atoms with Crippen LogP contribution in [0.1, 0.15) is 13.3 Å². The average molecular weight is 469 g/mol. The first-order valence-electron chi connectivity index (χ1n) is 10.3. The molecule has 3 heterocycles. The van der Waals surface area contributed by atoms with Crippen LogP contribution < -0.4 is 14.4 Å². The Bertz CT molecular complexity index is 1240. The number of benzene rings is 2. The number of carbonyl (C=O) groups is 1. The van der Waals surface area contributed by atoms with Crippen LogP contribution in [0.15, 0.2) is 61.2 Å². The van der Waals surface area contributed by atoms with Crippen LogP contribution in [0, 0.1) is 0 Å². The molecular formula is C23H21ClN4O3S. The maximum Gasteiger partial charge on any atom is 0.273 e. The van der Waals surface area contributed by atoms with E-state index >= 15 is 0 Å². The second-order valence-electron chi connectivity index (χ2n) is 7.54. The van der Waals surface area contributed by atoms with Gasteiger partial charge in [0, 0.05) is 25.5 Å². The molecule has 0 radical (unpaired) electrons. The predicted octanol–water partition coefficient (Wildman–Crippen LogP) is 4.80. The number of anilines is 1. The molecule has 0 fully saturated rings. The lowest BCUT2D eigenvalue weighted by atomic mass is 10.1. The van der Waals surface area contributed by atoms with Crippen molar-refractivity contribution >= 4 is 44.2 Å². The zero-order valence-corrected chi connectivity index (χ0v) is 18.9. The molecule has 7 nitrogen and oxygen atoms in total. The summed E-state index contributed by atoms with van der Waals surface area (Å²) >= 11 is 7.78. The summed E-state index contributed by atoms with van der Waals surface area (Å²) in [5, 5.41) is 1.16. The number of aromatic nitrogens is 3. The van der Waals surface area contributed by atoms with Crippen molar-refractivity contribution in [1.82, 2.24) is 14.5 Å². The van der Waals surface area contributed by atoms with Gasteiger partial charge < -0.3 is 14.0 Å². The molecule has 0 spiro atoms. The first-order chi connectivity index (χ1) is 15.6. The number of hydrogen-bond donors (Lipinski definition) is 0. The van der Waals surface area contributed by atoms with Crippen LogP contribution in [0.3, 0.4) is 0 Å². The molecule has 0 bridgehead atoms. The first-order valence-corrected chi connectivity index (χ1v) is 11.5. The Morgan fingerprint density at radius 2 is 2.00 bits per heavy atom. The zero-order valence-electron chi connectivity index (χ0n) is 17.3. The van der Waals surface area contributed by atoms with E-state index in [0.29, 0.717) is 33.7 Å². The molecule has 2 unspecified atom stereocenters. The van der Waals surface area contributed by atoms with Gasteiger partial charge in [-0.25, -0.2) is 9.97 Å². The molecule has 1 aliphatic rings. The molecule has 1 amide bonds. The van der Waals surface area contributed by atoms with Crippen molar-refractivity contribution in [3.63, 3.8) is 0 Å². The van der Waals surface area contributed by atoms with Crippen LogP contribution in [0.25, 0.3) is 10.2 Å². The number of para-hydroxylation sites is 3. The highest BCUT2D eigenvalue weighted by Gasteiger charge is 2.38. The molecule has 0 saturated heterocycles. The van der Waals surface area contributed by atoms with Gasteiger partial charge in [0.1, 0.15) is 11.6 Å². The number of imidazole rings is 1. The Balaban J connectivity index is 1.44. The van der Waals surface area contributed by atoms with Gasteiger partial charge in [-0.05, 0) is 37.6 Å². The van der Waals surface area contributed by atoms with Crippen molar-refractivity contribution in [2.45, 2.75) is 32.1 Å². The highest BCUT2D eigenvalue weighted by atomic mass is 35.5. The van der Waals surface area contributed by atoms with E-state index in [2.05, 4.69) is 9.97 Å². The number of fused-ring (bicyclic) bond motifs is 2. The maximum atomic E-state index is 13.7. The van der Waals surface area contributed by atoms with Crippen molar-refractivity contribution in [1.29, 1.82) is 0 Å². The predicted molar refractivity (Wildman–Crippen MR) is 125 cm³/mol. The van der Waals surface area contributed by atoms with E-state index < -0.39 is 12.2 Å². The fourth-order valence-corrected chi connectivity index (χ4v) is 4.99. The third kappa shape index (κ3) is 4.03. The SMILES string of the molecule is CC1Oc2ccccc2OC1C(=O)N(CCCn1ccnc1)c1nc2c(Cl)cccc2s1. The van der Waals surface area contributed by atoms with E-state index in [-0.39, 0.29) is 5.91 Å². The second kappa shape index (κ2) is 8.80. The minimum absolute atomic E-state index is 0.187. The van der Waals surface area contributed by atoms with E-state index in [1.807, 2.05) is 54.1 Å². The number of hydrogen-bond acceptors (Lipinski definition) is 6. The van der Waals surface area contributed by atoms with Crippen LogP contribution >= 0.6 is 22.9 Å². The van der Waals surface area contributed by atoms with Gasteiger partial charge in [-0.1, -0.05) is 41.1 Å². The summed E-state index contributed by atoms with van der Waals surface area (Å²) < 4.78 is 15.0. The Morgan fingerprint density at radius 1 is 1.19 bits per heavy atom. The van der Waals surface area contributed by atoms with Crippen LogP contribution in [0.2, 0.25) is 5.02 Å². The van der Waals surface area contributed by atoms with Gasteiger partial charge in [-0.2, -0.15) is 0 Å². The summed E-state index contributed by atoms with van der Waals surface area (Å²) in [5.74, 6) is 1.02. The molecule has 5 rings (SSSR count). The number of aryl methyl sites for hydroxylation is 1. The smallest absolute Gasteiger partial charge is 0.273 e. The normalized spacial score (nSPS) is 17.4. The van der Waals surface area contributed by atoms with Gasteiger partial charge in [-0.15, -0.1) is 0 Å². The molecular weight excluding hydrogens is 448 g/mol. The van der Waals surface area contributed by atoms with Crippen LogP contribution in [0.5, 0.6) is 11.5 Å². The summed E-state index contributed by atoms with van der Waals surface area (Å²) in [6, 6.07) is 13.0. The van der Waals surface area contributed by atoms with Crippen molar-refractivity contribution in [3.05, 3.63) is 66.2 Å². The summed E-state index contributed by atoms with van der Waals surface area (Å²) in [7, 11) is 0. The molecule has 164 valence electrons. The number of rotatable bonds is 6. The van der Waals surface area contributed by atoms with E-state index in [1.165, 1.54) is 11.3 Å². The van der Waals surface area contributed by atoms with Crippen molar-refractivity contribution in [3.8, 4) is 11.5 Å². The lowest BCUT2D eigenvalue weighted by Crippen LogP contribution is -2.51. The van der Waals surface area contributed by atoms with Gasteiger partial charge in [0.25, 0.3) is 5.91 Å². The van der Waals surface area contributed by atoms with Gasteiger partial charge in [0.15, 0.2) is 16.6 Å². The molecule has 32 heavy (non-hydrogen) atoms. The Kier molecular flexibility index (Phi) is 5.71. The molecule has 2 atom stereocenters. The Labute approximate surface area is 194 Å². The van der Waals surface area contributed by atoms with Crippen molar-refractivity contribution < 1.29 is 14.3 Å². The van der Waals surface area contributed by atoms with Crippen LogP contribution in [-0.4, -0.2) is 39.2 Å². The van der Waals surface area contributed by atoms with E-state index in [9.17, 15) is 4.79 Å². The molecule has 9 heteroatoms. The van der Waals surface area contributed by atoms with Gasteiger partial charge in [-0.3, -0.25) is 9.69 Å². The number of thiazole rings is 1. The number of nitrogens with zero attached hydrogens (tertiary/aromatic N) is 4. The van der Waals surface area contributed by atoms with E-state index in [0.717, 1.165) is 17.7 Å². The highest BCUT2D eigenvalue weighted by Crippen LogP contribution is 2.36. The van der Waals surface area contributed by atoms with E-state index in [1.54, 1.807) is 23.5 Å². The third-order valence-corrected chi connectivity index (χ3v) is 6.65. The number of halogens is 1. The summed E-state index contributed by atoms with van der Waals surface area (Å²) in [4.78, 5) is 24.2. The maximum absolute atomic E-state index is 13.7. The van der Waals surface area contributed by atoms with Gasteiger partial charge >= 0.3 is 0 Å². The fourth-order valence-electron chi connectivity index (χ4n) is 3.69. The van der Waals surface area contributed by atoms with Crippen LogP contribution in [-0.2, 0) is 11.3 Å². The standard InChI is InChI=1S/C23H21ClN4O3S/c1-15-21(31-18-8-3-2-7-17(18)30-15)22(29)28(12-5-11-27-13-10-25-14-27)23-26-20-16(24)6-4-9-19(20)32-23/h2-4,6-10,13-15,21H,5,11-12H2,1H3. The first kappa shape index (κ1) is 20.8. The molecule has 0 N–H and O–H groups in total. The lowest BCUT2D eigenvalue weighted by molar-refractivity contribution is -0.130. The third-order valence-electron chi connectivity index (χ3n) is 5.30. The fraction of sp³-hybridized carbons (Fsp3) is 0.261. The highest BCUT2D eigenvalue weighted by molar-refractivity contribution is 7.22. The monoisotopic (exact) mass is 468 g/mol. The minimum atomic E-state index is -0.777. The Hall–Kier alpha value is -3.10. The summed E-state index contributed by atoms with van der Waals surface area (Å²) in [6.07, 6.45) is 4.92. The molecule has 0 saturated carbocycles. The zero-order chi connectivity index (χ0) is 22.1. The minimum Gasteiger partial charge on any atom is -0.482 e. The molecule has 2 aromatic heterocycles. The number of amides is 1. The Morgan fingerprint density at radius 3 is 2.75 bits per heavy atom. The summed E-state index contributed by atoms with van der Waals surface area (Å²) in [6.45, 7) is 3.05. The summed E-state index contributed by atoms with van der Waals surface area (Å²) in [5.41, 5.74) is 0.695. The largest absolute Gasteiger partial charge is 0.482 e. The van der Waals surface area contributed by atoms with Crippen LogP contribution in [0.4, 0.5) is 5.13 Å². The lowest BCUT2D eigenvalue weighted by Gasteiger charge is -2.33. The molecule has 1 aliphatic heterocycles. The molecule has 2 aromatic carbocycles. The quantitative estimate of drug-likeness (QED) is 0.406. The number of carbonyl (C=O) groups excluding carboxylic acids is 1. The van der Waals surface area contributed by atoms with Gasteiger partial charge in [0.2, 0.25) is 6.10 Å². The van der Waals surface area contributed by atoms with Gasteiger partial charge in [0.05, 0.1) is 16.0 Å². The average Bonchev–Trinajstić information content (AvgIpc) is 3.46. The molecule has 0 aliphatic carbocycles.